The van der Waals surface area contributed by atoms with Gasteiger partial charge >= 0.3 is 0 Å². The molecule has 0 unspecified atom stereocenters. The quantitative estimate of drug-likeness (QED) is 0.142. The number of rotatable bonds is 8. The largest absolute Gasteiger partial charge is 0.309 e. The summed E-state index contributed by atoms with van der Waals surface area (Å²) in [6.45, 7) is 0. The minimum Gasteiger partial charge on any atom is -0.309 e. The SMILES string of the molecule is N#Cc1ccc2c3c1ccc1c(-c4ccc(-c5cc6ccc7cc(-c8cccc9ccccc89)cc8ccc(c5)c6c78)nc4)ccc(c13)n2-c1ccccc1.N#Cc1ccc2c3c1ccc1c(-c4ccc(-c5cc6ccc7cc(-c8ccccc8)cc8ccc(c5)c6c78)nc4)ccc(c13)n2-c1ccccc1. The Labute approximate surface area is 608 Å². The van der Waals surface area contributed by atoms with Gasteiger partial charge < -0.3 is 9.13 Å². The van der Waals surface area contributed by atoms with E-state index in [1.165, 1.54) is 108 Å². The average Bonchev–Trinajstić information content (AvgIpc) is 1.47. The van der Waals surface area contributed by atoms with E-state index in [-0.39, 0.29) is 0 Å². The first-order chi connectivity index (χ1) is 52.4. The molecule has 6 heteroatoms. The predicted octanol–water partition coefficient (Wildman–Crippen LogP) is 26.2. The van der Waals surface area contributed by atoms with E-state index < -0.39 is 0 Å². The van der Waals surface area contributed by atoms with Gasteiger partial charge in [0.05, 0.1) is 56.7 Å². The molecule has 0 radical (unpaired) electrons. The standard InChI is InChI=1S/C52H29N3.C48H27N3/c53-29-36-18-23-47-51-44(36)19-20-45-43(21-24-48(52(45)51)55(47)40-9-2-1-3-10-40)37-17-22-46(54-30-37)39-27-34-15-13-32-25-38(26-33-14-16-35(28-39)50(34)49(32)33)42-12-6-8-31-7-4-5-11-41(31)42;49-27-34-16-21-43-47-40(34)17-18-41-39(19-22-44(48(41)47)51(43)38-9-5-2-6-10-38)35-15-20-42(50-28-35)37-25-32-13-11-30-23-36(29-7-3-1-4-8-29)24-31-12-14-33(26-37)46(32)45(30)31/h1-28,30H;1-26,28H. The molecule has 4 heterocycles. The molecule has 0 saturated heterocycles. The summed E-state index contributed by atoms with van der Waals surface area (Å²) in [5.41, 5.74) is 21.5. The zero-order valence-corrected chi connectivity index (χ0v) is 57.0. The van der Waals surface area contributed by atoms with Crippen LogP contribution in [0.1, 0.15) is 11.1 Å². The topological polar surface area (TPSA) is 83.2 Å². The van der Waals surface area contributed by atoms with Crippen LogP contribution in [-0.4, -0.2) is 19.1 Å². The Morgan fingerprint density at radius 2 is 0.566 bits per heavy atom. The van der Waals surface area contributed by atoms with Crippen LogP contribution in [0.5, 0.6) is 0 Å². The van der Waals surface area contributed by atoms with Crippen molar-refractivity contribution in [2.75, 3.05) is 0 Å². The normalized spacial score (nSPS) is 11.9. The lowest BCUT2D eigenvalue weighted by Gasteiger charge is -2.15. The van der Waals surface area contributed by atoms with E-state index in [9.17, 15) is 10.5 Å². The highest BCUT2D eigenvalue weighted by molar-refractivity contribution is 6.30. The van der Waals surface area contributed by atoms with Crippen molar-refractivity contribution in [2.45, 2.75) is 0 Å². The van der Waals surface area contributed by atoms with Crippen molar-refractivity contribution in [1.29, 1.82) is 10.5 Å². The molecular weight excluding hydrogens is 1290 g/mol. The Bertz CT molecular complexity index is 7470. The minimum absolute atomic E-state index is 0.692. The maximum absolute atomic E-state index is 9.99. The zero-order chi connectivity index (χ0) is 69.8. The monoisotopic (exact) mass is 1340 g/mol. The van der Waals surface area contributed by atoms with Crippen LogP contribution in [0, 0.1) is 22.7 Å². The van der Waals surface area contributed by atoms with Crippen LogP contribution in [0.4, 0.5) is 0 Å². The summed E-state index contributed by atoms with van der Waals surface area (Å²) in [7, 11) is 0. The molecule has 0 atom stereocenters. The molecule has 0 fully saturated rings. The first-order valence-electron chi connectivity index (χ1n) is 35.9. The van der Waals surface area contributed by atoms with E-state index in [0.717, 1.165) is 111 Å². The Morgan fingerprint density at radius 1 is 0.217 bits per heavy atom. The summed E-state index contributed by atoms with van der Waals surface area (Å²) in [4.78, 5) is 10.1. The van der Waals surface area contributed by atoms with Crippen molar-refractivity contribution in [3.63, 3.8) is 0 Å². The van der Waals surface area contributed by atoms with Crippen molar-refractivity contribution in [3.8, 4) is 90.5 Å². The highest BCUT2D eigenvalue weighted by Crippen LogP contribution is 2.48. The second-order valence-corrected chi connectivity index (χ2v) is 28.1. The highest BCUT2D eigenvalue weighted by atomic mass is 15.0. The third-order valence-electron chi connectivity index (χ3n) is 22.5. The first kappa shape index (κ1) is 59.2. The summed E-state index contributed by atoms with van der Waals surface area (Å²) < 4.78 is 4.62. The van der Waals surface area contributed by atoms with Gasteiger partial charge in [-0.3, -0.25) is 9.97 Å². The Balaban J connectivity index is 0.000000133. The van der Waals surface area contributed by atoms with Crippen molar-refractivity contribution in [1.82, 2.24) is 19.1 Å². The van der Waals surface area contributed by atoms with Crippen LogP contribution in [-0.2, 0) is 0 Å². The van der Waals surface area contributed by atoms with Crippen LogP contribution in [0.25, 0.3) is 219 Å². The number of aromatic nitrogens is 4. The molecule has 0 aliphatic rings. The molecular formula is C100H56N6. The lowest BCUT2D eigenvalue weighted by atomic mass is 9.89. The van der Waals surface area contributed by atoms with Gasteiger partial charge in [0.2, 0.25) is 0 Å². The van der Waals surface area contributed by atoms with Gasteiger partial charge in [-0.05, 0) is 241 Å². The molecule has 23 rings (SSSR count). The summed E-state index contributed by atoms with van der Waals surface area (Å²) in [6, 6.07) is 122. The van der Waals surface area contributed by atoms with E-state index in [1.807, 2.05) is 36.7 Å². The third kappa shape index (κ3) is 8.90. The number of nitrogens with zero attached hydrogens (tertiary/aromatic N) is 6. The van der Waals surface area contributed by atoms with Gasteiger partial charge in [0.15, 0.2) is 0 Å². The average molecular weight is 1340 g/mol. The number of para-hydroxylation sites is 2. The Morgan fingerprint density at radius 3 is 0.981 bits per heavy atom. The number of benzene rings is 19. The summed E-state index contributed by atoms with van der Waals surface area (Å²) in [5.74, 6) is 0. The second-order valence-electron chi connectivity index (χ2n) is 28.1. The fraction of sp³-hybridized carbons (Fsp3) is 0. The molecule has 0 bridgehead atoms. The molecule has 0 amide bonds. The summed E-state index contributed by atoms with van der Waals surface area (Å²) in [6.07, 6.45) is 4.01. The number of fused-ring (bicyclic) bond motifs is 1. The van der Waals surface area contributed by atoms with E-state index in [1.54, 1.807) is 0 Å². The van der Waals surface area contributed by atoms with Crippen LogP contribution >= 0.6 is 0 Å². The summed E-state index contributed by atoms with van der Waals surface area (Å²) >= 11 is 0. The van der Waals surface area contributed by atoms with E-state index in [2.05, 4.69) is 325 Å². The smallest absolute Gasteiger partial charge is 0.0998 e. The van der Waals surface area contributed by atoms with Gasteiger partial charge in [0.1, 0.15) is 0 Å². The number of nitriles is 2. The van der Waals surface area contributed by atoms with Crippen LogP contribution < -0.4 is 0 Å². The van der Waals surface area contributed by atoms with Gasteiger partial charge in [-0.2, -0.15) is 10.5 Å². The second kappa shape index (κ2) is 23.0. The fourth-order valence-corrected chi connectivity index (χ4v) is 17.8. The van der Waals surface area contributed by atoms with Crippen molar-refractivity contribution >= 4 is 141 Å². The maximum atomic E-state index is 9.99. The van der Waals surface area contributed by atoms with Crippen LogP contribution in [0.3, 0.4) is 0 Å². The number of hydrogen-bond donors (Lipinski definition) is 0. The maximum Gasteiger partial charge on any atom is 0.0998 e. The van der Waals surface area contributed by atoms with Crippen LogP contribution in [0.2, 0.25) is 0 Å². The number of pyridine rings is 2. The lowest BCUT2D eigenvalue weighted by Crippen LogP contribution is -1.93. The molecule has 0 N–H and O–H groups in total. The Hall–Kier alpha value is -14.6. The molecule has 0 aliphatic carbocycles. The molecule has 0 aliphatic heterocycles. The molecule has 19 aromatic carbocycles. The third-order valence-corrected chi connectivity index (χ3v) is 22.5. The molecule has 4 aromatic heterocycles. The van der Waals surface area contributed by atoms with Gasteiger partial charge in [-0.1, -0.05) is 206 Å². The van der Waals surface area contributed by atoms with Crippen molar-refractivity contribution in [2.24, 2.45) is 0 Å². The number of hydrogen-bond acceptors (Lipinski definition) is 4. The van der Waals surface area contributed by atoms with Gasteiger partial charge in [0.25, 0.3) is 0 Å². The van der Waals surface area contributed by atoms with Gasteiger partial charge in [0, 0.05) is 78.3 Å². The molecule has 486 valence electrons. The molecule has 6 nitrogen and oxygen atoms in total. The van der Waals surface area contributed by atoms with Gasteiger partial charge in [-0.15, -0.1) is 0 Å². The first-order valence-corrected chi connectivity index (χ1v) is 35.9. The van der Waals surface area contributed by atoms with E-state index in [0.29, 0.717) is 11.1 Å². The van der Waals surface area contributed by atoms with E-state index in [4.69, 9.17) is 9.97 Å². The van der Waals surface area contributed by atoms with Crippen LogP contribution in [0.15, 0.2) is 340 Å². The molecule has 106 heavy (non-hydrogen) atoms. The molecule has 0 spiro atoms. The van der Waals surface area contributed by atoms with Crippen molar-refractivity contribution < 1.29 is 0 Å². The highest BCUT2D eigenvalue weighted by Gasteiger charge is 2.24. The Kier molecular flexibility index (Phi) is 12.8. The minimum atomic E-state index is 0.692. The van der Waals surface area contributed by atoms with E-state index >= 15 is 0 Å². The lowest BCUT2D eigenvalue weighted by molar-refractivity contribution is 1.18. The fourth-order valence-electron chi connectivity index (χ4n) is 17.8. The van der Waals surface area contributed by atoms with Gasteiger partial charge in [-0.25, -0.2) is 0 Å². The predicted molar refractivity (Wildman–Crippen MR) is 441 cm³/mol. The molecule has 23 aromatic rings. The van der Waals surface area contributed by atoms with Crippen molar-refractivity contribution in [3.05, 3.63) is 351 Å². The molecule has 0 saturated carbocycles. The summed E-state index contributed by atoms with van der Waals surface area (Å²) in [5, 5.41) is 46.5. The zero-order valence-electron chi connectivity index (χ0n) is 57.0.